The zero-order valence-electron chi connectivity index (χ0n) is 9.95. The molecule has 1 aromatic heterocycles. The number of ether oxygens (including phenoxy) is 1. The molecule has 0 aliphatic carbocycles. The Morgan fingerprint density at radius 1 is 1.15 bits per heavy atom. The molecule has 0 fully saturated rings. The largest absolute Gasteiger partial charge is 0.482 e. The first-order chi connectivity index (χ1) is 9.39. The van der Waals surface area contributed by atoms with Crippen molar-refractivity contribution >= 4 is 10.0 Å². The Bertz CT molecular complexity index is 723. The molecule has 1 aromatic carbocycles. The van der Waals surface area contributed by atoms with E-state index in [1.165, 1.54) is 12.4 Å². The third-order valence-electron chi connectivity index (χ3n) is 2.29. The number of nitrogens with two attached hydrogens (primary N) is 1. The Labute approximate surface area is 113 Å². The first-order valence-corrected chi connectivity index (χ1v) is 6.83. The van der Waals surface area contributed by atoms with E-state index >= 15 is 0 Å². The molecule has 0 unspecified atom stereocenters. The molecule has 0 aliphatic heterocycles. The summed E-state index contributed by atoms with van der Waals surface area (Å²) in [5.41, 5.74) is 0. The Morgan fingerprint density at radius 3 is 2.40 bits per heavy atom. The fourth-order valence-corrected chi connectivity index (χ4v) is 1.99. The van der Waals surface area contributed by atoms with E-state index in [1.54, 1.807) is 6.07 Å². The van der Waals surface area contributed by atoms with Crippen molar-refractivity contribution in [2.24, 2.45) is 5.14 Å². The molecule has 0 saturated heterocycles. The smallest absolute Gasteiger partial charge is 0.241 e. The molecule has 106 valence electrons. The second kappa shape index (κ2) is 5.47. The fourth-order valence-electron chi connectivity index (χ4n) is 1.39. The number of nitrogens with zero attached hydrogens (tertiary/aromatic N) is 2. The van der Waals surface area contributed by atoms with Crippen molar-refractivity contribution in [3.63, 3.8) is 0 Å². The molecule has 0 bridgehead atoms. The standard InChI is InChI=1S/C11H9F2N3O3S/c12-10-7(19-6-9-15-4-1-5-16-9)2-3-8(11(10)13)20(14,17)18/h1-5H,6H2,(H2,14,17,18). The van der Waals surface area contributed by atoms with Gasteiger partial charge in [-0.1, -0.05) is 0 Å². The van der Waals surface area contributed by atoms with Gasteiger partial charge in [0, 0.05) is 12.4 Å². The van der Waals surface area contributed by atoms with Gasteiger partial charge < -0.3 is 4.74 Å². The van der Waals surface area contributed by atoms with Crippen LogP contribution in [0.25, 0.3) is 0 Å². The van der Waals surface area contributed by atoms with Gasteiger partial charge in [-0.25, -0.2) is 27.9 Å². The number of halogens is 2. The summed E-state index contributed by atoms with van der Waals surface area (Å²) in [6.07, 6.45) is 2.93. The summed E-state index contributed by atoms with van der Waals surface area (Å²) < 4.78 is 54.2. The van der Waals surface area contributed by atoms with Crippen LogP contribution in [0.2, 0.25) is 0 Å². The van der Waals surface area contributed by atoms with E-state index in [0.717, 1.165) is 12.1 Å². The second-order valence-corrected chi connectivity index (χ2v) is 5.22. The molecule has 0 atom stereocenters. The van der Waals surface area contributed by atoms with Crippen LogP contribution in [0.3, 0.4) is 0 Å². The molecule has 9 heteroatoms. The maximum atomic E-state index is 13.6. The first kappa shape index (κ1) is 14.3. The lowest BCUT2D eigenvalue weighted by Gasteiger charge is -2.08. The van der Waals surface area contributed by atoms with Crippen LogP contribution < -0.4 is 9.88 Å². The fraction of sp³-hybridized carbons (Fsp3) is 0.0909. The number of primary sulfonamides is 1. The average Bonchev–Trinajstić information content (AvgIpc) is 2.40. The molecular formula is C11H9F2N3O3S. The van der Waals surface area contributed by atoms with Crippen molar-refractivity contribution in [1.29, 1.82) is 0 Å². The van der Waals surface area contributed by atoms with Crippen LogP contribution in [-0.4, -0.2) is 18.4 Å². The summed E-state index contributed by atoms with van der Waals surface area (Å²) in [6.45, 7) is -0.189. The second-order valence-electron chi connectivity index (χ2n) is 3.69. The van der Waals surface area contributed by atoms with Crippen molar-refractivity contribution in [3.05, 3.63) is 48.1 Å². The molecule has 0 aliphatic rings. The van der Waals surface area contributed by atoms with Crippen LogP contribution in [0.15, 0.2) is 35.5 Å². The summed E-state index contributed by atoms with van der Waals surface area (Å²) in [6, 6.07) is 3.39. The predicted octanol–water partition coefficient (Wildman–Crippen LogP) is 0.981. The highest BCUT2D eigenvalue weighted by molar-refractivity contribution is 7.89. The highest BCUT2D eigenvalue weighted by atomic mass is 32.2. The minimum absolute atomic E-state index is 0.189. The van der Waals surface area contributed by atoms with Crippen LogP contribution in [0.4, 0.5) is 8.78 Å². The molecule has 0 amide bonds. The number of sulfonamides is 1. The number of hydrogen-bond acceptors (Lipinski definition) is 5. The van der Waals surface area contributed by atoms with Gasteiger partial charge in [0.1, 0.15) is 11.5 Å². The van der Waals surface area contributed by atoms with E-state index in [0.29, 0.717) is 0 Å². The molecule has 20 heavy (non-hydrogen) atoms. The molecular weight excluding hydrogens is 292 g/mol. The molecule has 2 rings (SSSR count). The van der Waals surface area contributed by atoms with E-state index in [-0.39, 0.29) is 12.4 Å². The first-order valence-electron chi connectivity index (χ1n) is 5.29. The molecule has 0 saturated carbocycles. The van der Waals surface area contributed by atoms with Crippen molar-refractivity contribution in [3.8, 4) is 5.75 Å². The Balaban J connectivity index is 2.25. The van der Waals surface area contributed by atoms with Gasteiger partial charge in [-0.05, 0) is 18.2 Å². The molecule has 0 radical (unpaired) electrons. The quantitative estimate of drug-likeness (QED) is 0.908. The lowest BCUT2D eigenvalue weighted by atomic mass is 10.3. The summed E-state index contributed by atoms with van der Waals surface area (Å²) in [5, 5.41) is 4.75. The van der Waals surface area contributed by atoms with E-state index < -0.39 is 32.3 Å². The lowest BCUT2D eigenvalue weighted by molar-refractivity contribution is 0.274. The van der Waals surface area contributed by atoms with E-state index in [2.05, 4.69) is 9.97 Å². The van der Waals surface area contributed by atoms with Gasteiger partial charge in [-0.2, -0.15) is 4.39 Å². The Kier molecular flexibility index (Phi) is 3.91. The number of hydrogen-bond donors (Lipinski definition) is 1. The van der Waals surface area contributed by atoms with Crippen LogP contribution in [0.5, 0.6) is 5.75 Å². The van der Waals surface area contributed by atoms with Crippen LogP contribution >= 0.6 is 0 Å². The van der Waals surface area contributed by atoms with Crippen LogP contribution in [0.1, 0.15) is 5.82 Å². The monoisotopic (exact) mass is 301 g/mol. The third kappa shape index (κ3) is 3.06. The van der Waals surface area contributed by atoms with E-state index in [9.17, 15) is 17.2 Å². The minimum Gasteiger partial charge on any atom is -0.482 e. The Hall–Kier alpha value is -2.13. The van der Waals surface area contributed by atoms with Crippen molar-refractivity contribution in [2.75, 3.05) is 0 Å². The van der Waals surface area contributed by atoms with Crippen LogP contribution in [0, 0.1) is 11.6 Å². The average molecular weight is 301 g/mol. The zero-order chi connectivity index (χ0) is 14.8. The SMILES string of the molecule is NS(=O)(=O)c1ccc(OCc2ncccn2)c(F)c1F. The Morgan fingerprint density at radius 2 is 1.80 bits per heavy atom. The van der Waals surface area contributed by atoms with Gasteiger partial charge in [0.2, 0.25) is 15.8 Å². The third-order valence-corrected chi connectivity index (χ3v) is 3.22. The summed E-state index contributed by atoms with van der Waals surface area (Å²) in [7, 11) is -4.34. The minimum atomic E-state index is -4.34. The maximum absolute atomic E-state index is 13.6. The number of aromatic nitrogens is 2. The van der Waals surface area contributed by atoms with E-state index in [4.69, 9.17) is 9.88 Å². The van der Waals surface area contributed by atoms with Crippen molar-refractivity contribution < 1.29 is 21.9 Å². The van der Waals surface area contributed by atoms with E-state index in [1.807, 2.05) is 0 Å². The molecule has 1 heterocycles. The number of rotatable bonds is 4. The van der Waals surface area contributed by atoms with Gasteiger partial charge in [0.05, 0.1) is 0 Å². The lowest BCUT2D eigenvalue weighted by Crippen LogP contribution is -2.15. The van der Waals surface area contributed by atoms with Gasteiger partial charge >= 0.3 is 0 Å². The highest BCUT2D eigenvalue weighted by Gasteiger charge is 2.21. The maximum Gasteiger partial charge on any atom is 0.241 e. The topological polar surface area (TPSA) is 95.2 Å². The van der Waals surface area contributed by atoms with Gasteiger partial charge in [-0.3, -0.25) is 0 Å². The molecule has 0 spiro atoms. The summed E-state index contributed by atoms with van der Waals surface area (Å²) >= 11 is 0. The number of benzene rings is 1. The predicted molar refractivity (Wildman–Crippen MR) is 64.1 cm³/mol. The molecule has 6 nitrogen and oxygen atoms in total. The summed E-state index contributed by atoms with van der Waals surface area (Å²) in [4.78, 5) is 6.74. The van der Waals surface area contributed by atoms with Gasteiger partial charge in [0.15, 0.2) is 17.4 Å². The normalized spacial score (nSPS) is 11.3. The molecule has 2 aromatic rings. The van der Waals surface area contributed by atoms with Gasteiger partial charge in [-0.15, -0.1) is 0 Å². The highest BCUT2D eigenvalue weighted by Crippen LogP contribution is 2.25. The molecule has 2 N–H and O–H groups in total. The van der Waals surface area contributed by atoms with Crippen LogP contribution in [-0.2, 0) is 16.6 Å². The van der Waals surface area contributed by atoms with Crippen molar-refractivity contribution in [1.82, 2.24) is 9.97 Å². The van der Waals surface area contributed by atoms with Crippen molar-refractivity contribution in [2.45, 2.75) is 11.5 Å². The zero-order valence-corrected chi connectivity index (χ0v) is 10.8. The summed E-state index contributed by atoms with van der Waals surface area (Å²) in [5.74, 6) is -3.21. The van der Waals surface area contributed by atoms with Gasteiger partial charge in [0.25, 0.3) is 0 Å².